The van der Waals surface area contributed by atoms with Crippen LogP contribution in [0.3, 0.4) is 0 Å². The van der Waals surface area contributed by atoms with Crippen molar-refractivity contribution in [2.75, 3.05) is 6.54 Å². The Balaban J connectivity index is 2.36. The van der Waals surface area contributed by atoms with Gasteiger partial charge in [-0.15, -0.1) is 0 Å². The van der Waals surface area contributed by atoms with Crippen molar-refractivity contribution < 1.29 is 9.90 Å². The van der Waals surface area contributed by atoms with E-state index in [0.29, 0.717) is 12.1 Å². The molecule has 0 saturated heterocycles. The van der Waals surface area contributed by atoms with Crippen molar-refractivity contribution in [3.63, 3.8) is 0 Å². The second-order valence-electron chi connectivity index (χ2n) is 4.51. The molecule has 4 nitrogen and oxygen atoms in total. The predicted octanol–water partition coefficient (Wildman–Crippen LogP) is 1.97. The number of hydrogen-bond donors (Lipinski definition) is 2. The Morgan fingerprint density at radius 2 is 2.17 bits per heavy atom. The average molecular weight is 242 g/mol. The van der Waals surface area contributed by atoms with Gasteiger partial charge in [-0.2, -0.15) is 0 Å². The number of carbonyl (C=O) groups is 1. The third-order valence-corrected chi connectivity index (χ3v) is 3.36. The lowest BCUT2D eigenvalue weighted by atomic mass is 9.99. The second-order valence-corrected chi connectivity index (χ2v) is 4.51. The first-order valence-electron chi connectivity index (χ1n) is 6.12. The largest absolute Gasteiger partial charge is 0.478 e. The molecule has 1 aliphatic heterocycles. The van der Waals surface area contributed by atoms with Gasteiger partial charge in [-0.3, -0.25) is 4.98 Å². The van der Waals surface area contributed by atoms with Crippen molar-refractivity contribution in [2.45, 2.75) is 19.4 Å². The van der Waals surface area contributed by atoms with Gasteiger partial charge >= 0.3 is 5.97 Å². The van der Waals surface area contributed by atoms with E-state index < -0.39 is 5.97 Å². The smallest absolute Gasteiger partial charge is 0.336 e. The first-order valence-corrected chi connectivity index (χ1v) is 6.12. The lowest BCUT2D eigenvalue weighted by Crippen LogP contribution is -2.15. The Kier molecular flexibility index (Phi) is 2.72. The van der Waals surface area contributed by atoms with Crippen molar-refractivity contribution in [2.24, 2.45) is 0 Å². The fourth-order valence-electron chi connectivity index (χ4n) is 2.54. The van der Waals surface area contributed by atoms with Crippen molar-refractivity contribution in [3.05, 3.63) is 41.1 Å². The molecule has 0 amide bonds. The van der Waals surface area contributed by atoms with Crippen LogP contribution in [0.1, 0.15) is 28.0 Å². The number of rotatable bonds is 1. The summed E-state index contributed by atoms with van der Waals surface area (Å²) in [5.41, 5.74) is 2.95. The van der Waals surface area contributed by atoms with E-state index in [1.807, 2.05) is 24.3 Å². The molecule has 0 aliphatic carbocycles. The minimum absolute atomic E-state index is 0.407. The monoisotopic (exact) mass is 242 g/mol. The quantitative estimate of drug-likeness (QED) is 0.802. The molecular formula is C14H14N2O2. The highest BCUT2D eigenvalue weighted by atomic mass is 16.4. The summed E-state index contributed by atoms with van der Waals surface area (Å²) in [6.45, 7) is 1.50. The van der Waals surface area contributed by atoms with Gasteiger partial charge in [-0.25, -0.2) is 4.79 Å². The van der Waals surface area contributed by atoms with Crippen molar-refractivity contribution >= 4 is 16.9 Å². The first kappa shape index (κ1) is 11.2. The average Bonchev–Trinajstić information content (AvgIpc) is 2.60. The maximum absolute atomic E-state index is 11.5. The summed E-state index contributed by atoms with van der Waals surface area (Å²) in [5, 5.41) is 13.5. The number of aromatic carboxylic acids is 1. The van der Waals surface area contributed by atoms with E-state index in [1.54, 1.807) is 0 Å². The molecule has 4 heteroatoms. The van der Waals surface area contributed by atoms with Crippen molar-refractivity contribution in [1.29, 1.82) is 0 Å². The van der Waals surface area contributed by atoms with E-state index in [9.17, 15) is 9.90 Å². The van der Waals surface area contributed by atoms with Gasteiger partial charge < -0.3 is 10.4 Å². The number of carboxylic acids is 1. The summed E-state index contributed by atoms with van der Waals surface area (Å²) in [7, 11) is 0. The Morgan fingerprint density at radius 1 is 1.33 bits per heavy atom. The highest BCUT2D eigenvalue weighted by Crippen LogP contribution is 2.25. The molecule has 0 spiro atoms. The minimum atomic E-state index is -0.867. The number of fused-ring (bicyclic) bond motifs is 2. The van der Waals surface area contributed by atoms with E-state index in [1.165, 1.54) is 0 Å². The molecule has 1 aliphatic rings. The predicted molar refractivity (Wildman–Crippen MR) is 68.7 cm³/mol. The number of benzene rings is 1. The maximum Gasteiger partial charge on any atom is 0.336 e. The number of nitrogens with zero attached hydrogens (tertiary/aromatic N) is 1. The number of nitrogens with one attached hydrogen (secondary N) is 1. The Labute approximate surface area is 105 Å². The molecule has 18 heavy (non-hydrogen) atoms. The fourth-order valence-corrected chi connectivity index (χ4v) is 2.54. The van der Waals surface area contributed by atoms with Gasteiger partial charge in [0.1, 0.15) is 0 Å². The summed E-state index contributed by atoms with van der Waals surface area (Å²) in [4.78, 5) is 16.2. The van der Waals surface area contributed by atoms with Gasteiger partial charge in [0, 0.05) is 23.2 Å². The Morgan fingerprint density at radius 3 is 3.00 bits per heavy atom. The summed E-state index contributed by atoms with van der Waals surface area (Å²) < 4.78 is 0. The first-order chi connectivity index (χ1) is 8.77. The topological polar surface area (TPSA) is 62.2 Å². The number of para-hydroxylation sites is 1. The van der Waals surface area contributed by atoms with E-state index >= 15 is 0 Å². The van der Waals surface area contributed by atoms with Gasteiger partial charge in [0.15, 0.2) is 0 Å². The summed E-state index contributed by atoms with van der Waals surface area (Å²) in [5.74, 6) is -0.867. The molecule has 0 saturated carbocycles. The van der Waals surface area contributed by atoms with Gasteiger partial charge in [0.25, 0.3) is 0 Å². The molecule has 1 aromatic carbocycles. The van der Waals surface area contributed by atoms with Crippen LogP contribution in [0.4, 0.5) is 0 Å². The minimum Gasteiger partial charge on any atom is -0.478 e. The van der Waals surface area contributed by atoms with Crippen LogP contribution in [0.25, 0.3) is 10.9 Å². The van der Waals surface area contributed by atoms with E-state index in [4.69, 9.17) is 0 Å². The molecule has 92 valence electrons. The van der Waals surface area contributed by atoms with Crippen LogP contribution in [-0.4, -0.2) is 22.6 Å². The molecule has 0 unspecified atom stereocenters. The molecule has 0 atom stereocenters. The zero-order valence-corrected chi connectivity index (χ0v) is 9.94. The molecule has 0 radical (unpaired) electrons. The number of hydrogen-bond acceptors (Lipinski definition) is 3. The number of carboxylic acid groups (broad SMARTS) is 1. The molecular weight excluding hydrogens is 228 g/mol. The van der Waals surface area contributed by atoms with Crippen LogP contribution >= 0.6 is 0 Å². The number of pyridine rings is 1. The third kappa shape index (κ3) is 1.75. The lowest BCUT2D eigenvalue weighted by Gasteiger charge is -2.12. The molecule has 1 aromatic heterocycles. The lowest BCUT2D eigenvalue weighted by molar-refractivity contribution is 0.0697. The van der Waals surface area contributed by atoms with Crippen molar-refractivity contribution in [3.8, 4) is 0 Å². The van der Waals surface area contributed by atoms with Crippen molar-refractivity contribution in [1.82, 2.24) is 10.3 Å². The molecule has 2 aromatic rings. The molecule has 0 fully saturated rings. The fraction of sp³-hybridized carbons (Fsp3) is 0.286. The van der Waals surface area contributed by atoms with Gasteiger partial charge in [-0.05, 0) is 25.5 Å². The van der Waals surface area contributed by atoms with Crippen LogP contribution < -0.4 is 5.32 Å². The van der Waals surface area contributed by atoms with Gasteiger partial charge in [0.05, 0.1) is 11.1 Å². The Hall–Kier alpha value is -1.94. The number of aromatic nitrogens is 1. The summed E-state index contributed by atoms with van der Waals surface area (Å²) in [6.07, 6.45) is 1.84. The van der Waals surface area contributed by atoms with E-state index in [-0.39, 0.29) is 0 Å². The standard InChI is InChI=1S/C14H14N2O2/c17-14(18)13-9-4-1-2-5-11(9)16-12-6-3-7-15-8-10(12)13/h1-2,4-5,15H,3,6-8H2,(H,17,18). The molecule has 3 rings (SSSR count). The second kappa shape index (κ2) is 4.38. The third-order valence-electron chi connectivity index (χ3n) is 3.36. The van der Waals surface area contributed by atoms with Crippen LogP contribution in [0, 0.1) is 0 Å². The summed E-state index contributed by atoms with van der Waals surface area (Å²) in [6, 6.07) is 7.45. The van der Waals surface area contributed by atoms with Crippen LogP contribution in [0.5, 0.6) is 0 Å². The van der Waals surface area contributed by atoms with Gasteiger partial charge in [-0.1, -0.05) is 18.2 Å². The normalized spacial score (nSPS) is 15.1. The summed E-state index contributed by atoms with van der Waals surface area (Å²) >= 11 is 0. The van der Waals surface area contributed by atoms with E-state index in [2.05, 4.69) is 10.3 Å². The highest BCUT2D eigenvalue weighted by Gasteiger charge is 2.20. The highest BCUT2D eigenvalue weighted by molar-refractivity contribution is 6.04. The number of aryl methyl sites for hydroxylation is 1. The zero-order valence-electron chi connectivity index (χ0n) is 9.94. The van der Waals surface area contributed by atoms with Gasteiger partial charge in [0.2, 0.25) is 0 Å². The SMILES string of the molecule is O=C(O)c1c2c(nc3ccccc13)CCCNC2. The van der Waals surface area contributed by atoms with Crippen LogP contribution in [0.2, 0.25) is 0 Å². The zero-order chi connectivity index (χ0) is 12.5. The van der Waals surface area contributed by atoms with Crippen LogP contribution in [-0.2, 0) is 13.0 Å². The van der Waals surface area contributed by atoms with E-state index in [0.717, 1.165) is 41.5 Å². The molecule has 0 bridgehead atoms. The maximum atomic E-state index is 11.5. The molecule has 2 heterocycles. The van der Waals surface area contributed by atoms with Crippen LogP contribution in [0.15, 0.2) is 24.3 Å². The molecule has 2 N–H and O–H groups in total. The Bertz CT molecular complexity index is 622.